The number of ether oxygens (including phenoxy) is 1. The van der Waals surface area contributed by atoms with Gasteiger partial charge in [-0.1, -0.05) is 6.42 Å². The molecule has 0 bridgehead atoms. The fraction of sp³-hybridized carbons (Fsp3) is 0.588. The van der Waals surface area contributed by atoms with Crippen LogP contribution in [0.4, 0.5) is 5.69 Å². The van der Waals surface area contributed by atoms with Crippen LogP contribution >= 0.6 is 0 Å². The quantitative estimate of drug-likeness (QED) is 0.686. The van der Waals surface area contributed by atoms with Crippen LogP contribution in [0.2, 0.25) is 0 Å². The van der Waals surface area contributed by atoms with E-state index < -0.39 is 0 Å². The van der Waals surface area contributed by atoms with E-state index in [9.17, 15) is 4.79 Å². The largest absolute Gasteiger partial charge is 0.462 e. The molecule has 2 saturated heterocycles. The molecule has 4 nitrogen and oxygen atoms in total. The van der Waals surface area contributed by atoms with E-state index in [0.29, 0.717) is 29.8 Å². The summed E-state index contributed by atoms with van der Waals surface area (Å²) in [5.41, 5.74) is 6.88. The molecule has 21 heavy (non-hydrogen) atoms. The van der Waals surface area contributed by atoms with Crippen LogP contribution in [0.1, 0.15) is 42.5 Å². The van der Waals surface area contributed by atoms with Gasteiger partial charge < -0.3 is 10.5 Å². The van der Waals surface area contributed by atoms with Gasteiger partial charge in [0.1, 0.15) is 0 Å². The van der Waals surface area contributed by atoms with Crippen molar-refractivity contribution in [3.63, 3.8) is 0 Å². The van der Waals surface area contributed by atoms with Gasteiger partial charge in [-0.2, -0.15) is 0 Å². The molecule has 2 heterocycles. The van der Waals surface area contributed by atoms with E-state index in [1.54, 1.807) is 24.3 Å². The summed E-state index contributed by atoms with van der Waals surface area (Å²) in [5.74, 6) is 0.264. The van der Waals surface area contributed by atoms with Gasteiger partial charge >= 0.3 is 5.97 Å². The molecular weight excluding hydrogens is 264 g/mol. The molecule has 0 saturated carbocycles. The summed E-state index contributed by atoms with van der Waals surface area (Å²) in [6.45, 7) is 2.98. The second-order valence-electron chi connectivity index (χ2n) is 6.22. The first-order chi connectivity index (χ1) is 10.2. The van der Waals surface area contributed by atoms with Gasteiger partial charge in [0, 0.05) is 17.6 Å². The fourth-order valence-corrected chi connectivity index (χ4v) is 3.66. The molecule has 3 rings (SSSR count). The van der Waals surface area contributed by atoms with E-state index in [2.05, 4.69) is 4.90 Å². The number of hydrogen-bond acceptors (Lipinski definition) is 4. The summed E-state index contributed by atoms with van der Waals surface area (Å²) >= 11 is 0. The molecule has 114 valence electrons. The molecule has 0 aliphatic carbocycles. The van der Waals surface area contributed by atoms with Gasteiger partial charge in [0.2, 0.25) is 0 Å². The molecule has 4 heteroatoms. The number of carbonyl (C=O) groups excluding carboxylic acids is 1. The van der Waals surface area contributed by atoms with Gasteiger partial charge in [0.15, 0.2) is 0 Å². The number of rotatable bonds is 3. The van der Waals surface area contributed by atoms with Crippen LogP contribution in [0.25, 0.3) is 0 Å². The molecule has 0 amide bonds. The van der Waals surface area contributed by atoms with Crippen molar-refractivity contribution < 1.29 is 9.53 Å². The number of piperidine rings is 2. The van der Waals surface area contributed by atoms with E-state index in [1.165, 1.54) is 45.2 Å². The summed E-state index contributed by atoms with van der Waals surface area (Å²) in [7, 11) is 0. The third-order valence-corrected chi connectivity index (χ3v) is 4.80. The maximum atomic E-state index is 12.1. The molecule has 2 fully saturated rings. The van der Waals surface area contributed by atoms with Crippen molar-refractivity contribution in [3.8, 4) is 0 Å². The molecule has 2 aliphatic heterocycles. The normalized spacial score (nSPS) is 26.1. The van der Waals surface area contributed by atoms with Gasteiger partial charge in [-0.15, -0.1) is 0 Å². The second-order valence-corrected chi connectivity index (χ2v) is 6.22. The molecular formula is C17H24N2O2. The maximum absolute atomic E-state index is 12.1. The average molecular weight is 288 g/mol. The van der Waals surface area contributed by atoms with Crippen LogP contribution in [-0.4, -0.2) is 36.6 Å². The Hall–Kier alpha value is -1.55. The zero-order valence-corrected chi connectivity index (χ0v) is 12.5. The van der Waals surface area contributed by atoms with Crippen molar-refractivity contribution in [3.05, 3.63) is 29.8 Å². The molecule has 0 unspecified atom stereocenters. The molecule has 2 N–H and O–H groups in total. The van der Waals surface area contributed by atoms with Crippen molar-refractivity contribution in [2.75, 3.05) is 25.4 Å². The molecule has 2 aliphatic rings. The van der Waals surface area contributed by atoms with Crippen molar-refractivity contribution in [2.24, 2.45) is 5.92 Å². The highest BCUT2D eigenvalue weighted by Crippen LogP contribution is 2.31. The van der Waals surface area contributed by atoms with Crippen LogP contribution in [0, 0.1) is 5.92 Å². The van der Waals surface area contributed by atoms with Crippen LogP contribution in [0.3, 0.4) is 0 Å². The van der Waals surface area contributed by atoms with Crippen LogP contribution in [-0.2, 0) is 4.74 Å². The summed E-state index contributed by atoms with van der Waals surface area (Å²) < 4.78 is 5.55. The zero-order valence-electron chi connectivity index (χ0n) is 12.5. The number of esters is 1. The minimum absolute atomic E-state index is 0.233. The summed E-state index contributed by atoms with van der Waals surface area (Å²) in [6, 6.07) is 7.54. The topological polar surface area (TPSA) is 55.6 Å². The minimum atomic E-state index is -0.233. The Bertz CT molecular complexity index is 484. The Morgan fingerprint density at radius 2 is 1.90 bits per heavy atom. The van der Waals surface area contributed by atoms with E-state index in [1.807, 2.05) is 0 Å². The van der Waals surface area contributed by atoms with E-state index in [4.69, 9.17) is 10.5 Å². The molecule has 0 radical (unpaired) electrons. The van der Waals surface area contributed by atoms with Crippen molar-refractivity contribution in [1.82, 2.24) is 4.90 Å². The molecule has 2 atom stereocenters. The van der Waals surface area contributed by atoms with Gasteiger partial charge in [0.25, 0.3) is 0 Å². The van der Waals surface area contributed by atoms with Crippen LogP contribution in [0.15, 0.2) is 24.3 Å². The third kappa shape index (κ3) is 3.38. The number of nitrogen functional groups attached to an aromatic ring is 1. The number of hydrogen-bond donors (Lipinski definition) is 1. The highest BCUT2D eigenvalue weighted by Gasteiger charge is 2.33. The van der Waals surface area contributed by atoms with E-state index in [0.717, 1.165) is 0 Å². The van der Waals surface area contributed by atoms with Gasteiger partial charge in [0.05, 0.1) is 12.2 Å². The van der Waals surface area contributed by atoms with Gasteiger partial charge in [-0.05, 0) is 63.0 Å². The lowest BCUT2D eigenvalue weighted by molar-refractivity contribution is 0.00739. The number of nitrogens with two attached hydrogens (primary N) is 1. The first-order valence-corrected chi connectivity index (χ1v) is 8.01. The first-order valence-electron chi connectivity index (χ1n) is 8.01. The second kappa shape index (κ2) is 6.48. The lowest BCUT2D eigenvalue weighted by Gasteiger charge is -2.44. The van der Waals surface area contributed by atoms with Crippen LogP contribution in [0.5, 0.6) is 0 Å². The standard InChI is InChI=1S/C17H24N2O2/c18-15-8-6-13(7-9-15)17(20)21-12-14-4-3-11-19-10-2-1-5-16(14)19/h6-9,14,16H,1-5,10-12,18H2/t14-,16+/m0/s1. The highest BCUT2D eigenvalue weighted by molar-refractivity contribution is 5.89. The summed E-state index contributed by atoms with van der Waals surface area (Å²) in [4.78, 5) is 14.7. The van der Waals surface area contributed by atoms with Crippen molar-refractivity contribution in [2.45, 2.75) is 38.1 Å². The Kier molecular flexibility index (Phi) is 4.44. The Morgan fingerprint density at radius 1 is 1.14 bits per heavy atom. The lowest BCUT2D eigenvalue weighted by atomic mass is 9.84. The van der Waals surface area contributed by atoms with Crippen molar-refractivity contribution in [1.29, 1.82) is 0 Å². The number of nitrogens with zero attached hydrogens (tertiary/aromatic N) is 1. The summed E-state index contributed by atoms with van der Waals surface area (Å²) in [6.07, 6.45) is 6.28. The molecule has 0 aromatic heterocycles. The van der Waals surface area contributed by atoms with Gasteiger partial charge in [-0.25, -0.2) is 4.79 Å². The lowest BCUT2D eigenvalue weighted by Crippen LogP contribution is -2.49. The molecule has 1 aromatic rings. The number of anilines is 1. The average Bonchev–Trinajstić information content (AvgIpc) is 2.53. The predicted molar refractivity (Wildman–Crippen MR) is 83.1 cm³/mol. The predicted octanol–water partition coefficient (Wildman–Crippen LogP) is 2.69. The zero-order chi connectivity index (χ0) is 14.7. The number of benzene rings is 1. The van der Waals surface area contributed by atoms with Crippen LogP contribution < -0.4 is 5.73 Å². The number of fused-ring (bicyclic) bond motifs is 1. The Balaban J connectivity index is 1.56. The van der Waals surface area contributed by atoms with E-state index in [-0.39, 0.29) is 5.97 Å². The molecule has 0 spiro atoms. The van der Waals surface area contributed by atoms with Crippen molar-refractivity contribution >= 4 is 11.7 Å². The SMILES string of the molecule is Nc1ccc(C(=O)OC[C@@H]2CCCN3CCCC[C@H]23)cc1. The number of carbonyl (C=O) groups is 1. The molecule has 1 aromatic carbocycles. The monoisotopic (exact) mass is 288 g/mol. The minimum Gasteiger partial charge on any atom is -0.462 e. The summed E-state index contributed by atoms with van der Waals surface area (Å²) in [5, 5.41) is 0. The Morgan fingerprint density at radius 3 is 2.71 bits per heavy atom. The van der Waals surface area contributed by atoms with E-state index >= 15 is 0 Å². The maximum Gasteiger partial charge on any atom is 0.338 e. The smallest absolute Gasteiger partial charge is 0.338 e. The third-order valence-electron chi connectivity index (χ3n) is 4.80. The highest BCUT2D eigenvalue weighted by atomic mass is 16.5. The Labute approximate surface area is 126 Å². The fourth-order valence-electron chi connectivity index (χ4n) is 3.66. The van der Waals surface area contributed by atoms with Gasteiger partial charge in [-0.3, -0.25) is 4.90 Å². The first kappa shape index (κ1) is 14.4.